The zero-order valence-electron chi connectivity index (χ0n) is 18.6. The van der Waals surface area contributed by atoms with Gasteiger partial charge in [0.25, 0.3) is 11.6 Å². The maximum atomic E-state index is 12.7. The topological polar surface area (TPSA) is 111 Å². The number of carbonyl (C=O) groups excluding carboxylic acids is 2. The number of nitro groups is 1. The van der Waals surface area contributed by atoms with E-state index in [2.05, 4.69) is 10.6 Å². The number of thioether (sulfide) groups is 1. The smallest absolute Gasteiger partial charge is 0.270 e. The minimum atomic E-state index is -0.551. The molecule has 0 spiro atoms. The minimum absolute atomic E-state index is 0.155. The number of anilines is 2. The first-order valence-corrected chi connectivity index (χ1v) is 11.4. The SMILES string of the molecule is COc1cc(Cl)c(C)cc1NC(=O)C(C)Sc1ccc(NC(=O)c2cccc([N+](=O)[O-])c2)cc1. The lowest BCUT2D eigenvalue weighted by Crippen LogP contribution is -2.22. The van der Waals surface area contributed by atoms with Crippen LogP contribution in [0.15, 0.2) is 65.6 Å². The molecule has 0 fully saturated rings. The zero-order chi connectivity index (χ0) is 24.8. The zero-order valence-corrected chi connectivity index (χ0v) is 20.2. The molecule has 10 heteroatoms. The van der Waals surface area contributed by atoms with E-state index in [4.69, 9.17) is 16.3 Å². The van der Waals surface area contributed by atoms with Crippen LogP contribution in [0, 0.1) is 17.0 Å². The second kappa shape index (κ2) is 11.0. The predicted octanol–water partition coefficient (Wildman–Crippen LogP) is 5.94. The normalized spacial score (nSPS) is 11.4. The molecule has 1 atom stereocenters. The molecule has 0 aliphatic heterocycles. The third kappa shape index (κ3) is 6.27. The Kier molecular flexibility index (Phi) is 8.14. The van der Waals surface area contributed by atoms with E-state index in [-0.39, 0.29) is 17.2 Å². The van der Waals surface area contributed by atoms with Crippen molar-refractivity contribution in [2.45, 2.75) is 24.0 Å². The van der Waals surface area contributed by atoms with Crippen LogP contribution in [-0.2, 0) is 4.79 Å². The Morgan fingerprint density at radius 3 is 2.44 bits per heavy atom. The summed E-state index contributed by atoms with van der Waals surface area (Å²) >= 11 is 7.47. The minimum Gasteiger partial charge on any atom is -0.495 e. The van der Waals surface area contributed by atoms with Crippen LogP contribution in [0.5, 0.6) is 5.75 Å². The van der Waals surface area contributed by atoms with Gasteiger partial charge in [-0.1, -0.05) is 17.7 Å². The highest BCUT2D eigenvalue weighted by molar-refractivity contribution is 8.00. The molecule has 0 heterocycles. The summed E-state index contributed by atoms with van der Waals surface area (Å²) in [6.45, 7) is 3.63. The fourth-order valence-corrected chi connectivity index (χ4v) is 4.02. The molecule has 3 rings (SSSR count). The Balaban J connectivity index is 1.61. The van der Waals surface area contributed by atoms with Crippen molar-refractivity contribution in [1.29, 1.82) is 0 Å². The first kappa shape index (κ1) is 25.1. The highest BCUT2D eigenvalue weighted by atomic mass is 35.5. The molecule has 0 saturated heterocycles. The number of aryl methyl sites for hydroxylation is 1. The lowest BCUT2D eigenvalue weighted by Gasteiger charge is -2.15. The summed E-state index contributed by atoms with van der Waals surface area (Å²) in [6, 6.07) is 15.9. The van der Waals surface area contributed by atoms with Crippen LogP contribution in [0.2, 0.25) is 5.02 Å². The number of nitro benzene ring substituents is 1. The molecule has 176 valence electrons. The second-order valence-electron chi connectivity index (χ2n) is 7.34. The first-order valence-electron chi connectivity index (χ1n) is 10.2. The maximum Gasteiger partial charge on any atom is 0.270 e. The van der Waals surface area contributed by atoms with Crippen molar-refractivity contribution in [3.63, 3.8) is 0 Å². The summed E-state index contributed by atoms with van der Waals surface area (Å²) in [7, 11) is 1.51. The Hall–Kier alpha value is -3.56. The van der Waals surface area contributed by atoms with Gasteiger partial charge in [0.15, 0.2) is 0 Å². The molecular formula is C24H22ClN3O5S. The van der Waals surface area contributed by atoms with Gasteiger partial charge in [-0.05, 0) is 55.8 Å². The Labute approximate surface area is 205 Å². The van der Waals surface area contributed by atoms with Crippen molar-refractivity contribution in [1.82, 2.24) is 0 Å². The molecule has 0 aliphatic rings. The summed E-state index contributed by atoms with van der Waals surface area (Å²) < 4.78 is 5.30. The molecular weight excluding hydrogens is 478 g/mol. The summed E-state index contributed by atoms with van der Waals surface area (Å²) in [5.41, 5.74) is 1.92. The van der Waals surface area contributed by atoms with Crippen molar-refractivity contribution < 1.29 is 19.2 Å². The van der Waals surface area contributed by atoms with E-state index in [1.807, 2.05) is 6.92 Å². The largest absolute Gasteiger partial charge is 0.495 e. The molecule has 8 nitrogen and oxygen atoms in total. The lowest BCUT2D eigenvalue weighted by molar-refractivity contribution is -0.384. The molecule has 2 amide bonds. The number of amides is 2. The number of methoxy groups -OCH3 is 1. The van der Waals surface area contributed by atoms with Gasteiger partial charge < -0.3 is 15.4 Å². The van der Waals surface area contributed by atoms with Gasteiger partial charge in [0, 0.05) is 39.4 Å². The van der Waals surface area contributed by atoms with Gasteiger partial charge >= 0.3 is 0 Å². The highest BCUT2D eigenvalue weighted by Gasteiger charge is 2.18. The van der Waals surface area contributed by atoms with Crippen LogP contribution < -0.4 is 15.4 Å². The second-order valence-corrected chi connectivity index (χ2v) is 9.16. The standard InChI is InChI=1S/C24H22ClN3O5S/c1-14-11-21(22(33-3)13-20(14)25)27-23(29)15(2)34-19-9-7-17(8-10-19)26-24(30)16-5-4-6-18(12-16)28(31)32/h4-13,15H,1-3H3,(H,26,30)(H,27,29). The molecule has 2 N–H and O–H groups in total. The monoisotopic (exact) mass is 499 g/mol. The number of nitrogens with one attached hydrogen (secondary N) is 2. The molecule has 0 bridgehead atoms. The van der Waals surface area contributed by atoms with Gasteiger partial charge in [-0.3, -0.25) is 19.7 Å². The fourth-order valence-electron chi connectivity index (χ4n) is 3.00. The van der Waals surface area contributed by atoms with Gasteiger partial charge in [-0.15, -0.1) is 11.8 Å². The summed E-state index contributed by atoms with van der Waals surface area (Å²) in [4.78, 5) is 36.3. The maximum absolute atomic E-state index is 12.7. The third-order valence-electron chi connectivity index (χ3n) is 4.85. The average Bonchev–Trinajstić information content (AvgIpc) is 2.82. The quantitative estimate of drug-likeness (QED) is 0.225. The molecule has 0 aromatic heterocycles. The van der Waals surface area contributed by atoms with Crippen molar-refractivity contribution in [3.05, 3.63) is 86.9 Å². The van der Waals surface area contributed by atoms with Gasteiger partial charge in [0.2, 0.25) is 5.91 Å². The van der Waals surface area contributed by atoms with Crippen LogP contribution in [0.25, 0.3) is 0 Å². The van der Waals surface area contributed by atoms with Crippen LogP contribution in [0.4, 0.5) is 17.1 Å². The van der Waals surface area contributed by atoms with E-state index in [0.717, 1.165) is 10.5 Å². The number of ether oxygens (including phenoxy) is 1. The van der Waals surface area contributed by atoms with Crippen molar-refractivity contribution >= 4 is 52.2 Å². The van der Waals surface area contributed by atoms with E-state index >= 15 is 0 Å². The number of carbonyl (C=O) groups is 2. The number of halogens is 1. The fraction of sp³-hybridized carbons (Fsp3) is 0.167. The van der Waals surface area contributed by atoms with Crippen LogP contribution >= 0.6 is 23.4 Å². The van der Waals surface area contributed by atoms with Crippen molar-refractivity contribution in [2.75, 3.05) is 17.7 Å². The summed E-state index contributed by atoms with van der Waals surface area (Å²) in [5, 5.41) is 16.6. The molecule has 0 aliphatic carbocycles. The average molecular weight is 500 g/mol. The van der Waals surface area contributed by atoms with Gasteiger partial charge in [0.1, 0.15) is 5.75 Å². The number of rotatable bonds is 8. The summed E-state index contributed by atoms with van der Waals surface area (Å²) in [6.07, 6.45) is 0. The molecule has 1 unspecified atom stereocenters. The van der Waals surface area contributed by atoms with Gasteiger partial charge in [-0.2, -0.15) is 0 Å². The third-order valence-corrected chi connectivity index (χ3v) is 6.37. The Morgan fingerprint density at radius 2 is 1.79 bits per heavy atom. The molecule has 0 saturated carbocycles. The van der Waals surface area contributed by atoms with E-state index in [9.17, 15) is 19.7 Å². The number of hydrogen-bond donors (Lipinski definition) is 2. The predicted molar refractivity (Wildman–Crippen MR) is 134 cm³/mol. The molecule has 0 radical (unpaired) electrons. The number of nitrogens with zero attached hydrogens (tertiary/aromatic N) is 1. The van der Waals surface area contributed by atoms with E-state index < -0.39 is 16.1 Å². The van der Waals surface area contributed by atoms with E-state index in [1.165, 1.54) is 43.1 Å². The first-order chi connectivity index (χ1) is 16.2. The van der Waals surface area contributed by atoms with Crippen molar-refractivity contribution in [2.24, 2.45) is 0 Å². The van der Waals surface area contributed by atoms with Crippen LogP contribution in [0.1, 0.15) is 22.8 Å². The lowest BCUT2D eigenvalue weighted by atomic mass is 10.2. The number of non-ortho nitro benzene ring substituents is 1. The van der Waals surface area contributed by atoms with E-state index in [0.29, 0.717) is 22.1 Å². The number of hydrogen-bond acceptors (Lipinski definition) is 6. The molecule has 3 aromatic rings. The van der Waals surface area contributed by atoms with Crippen molar-refractivity contribution in [3.8, 4) is 5.75 Å². The molecule has 34 heavy (non-hydrogen) atoms. The Morgan fingerprint density at radius 1 is 1.09 bits per heavy atom. The van der Waals surface area contributed by atoms with Gasteiger partial charge in [-0.25, -0.2) is 0 Å². The summed E-state index contributed by atoms with van der Waals surface area (Å²) in [5.74, 6) is -0.179. The Bertz CT molecular complexity index is 1230. The highest BCUT2D eigenvalue weighted by Crippen LogP contribution is 2.32. The molecule has 3 aromatic carbocycles. The van der Waals surface area contributed by atoms with Gasteiger partial charge in [0.05, 0.1) is 23.0 Å². The van der Waals surface area contributed by atoms with Crippen LogP contribution in [-0.4, -0.2) is 29.1 Å². The number of benzene rings is 3. The van der Waals surface area contributed by atoms with Crippen LogP contribution in [0.3, 0.4) is 0 Å². The van der Waals surface area contributed by atoms with E-state index in [1.54, 1.807) is 43.3 Å².